The van der Waals surface area contributed by atoms with Crippen LogP contribution in [0.15, 0.2) is 11.6 Å². The zero-order valence-corrected chi connectivity index (χ0v) is 13.9. The van der Waals surface area contributed by atoms with Gasteiger partial charge in [-0.15, -0.1) is 0 Å². The zero-order valence-electron chi connectivity index (χ0n) is 13.9. The lowest BCUT2D eigenvalue weighted by Gasteiger charge is -2.42. The van der Waals surface area contributed by atoms with Crippen LogP contribution in [0.2, 0.25) is 0 Å². The molecule has 0 aliphatic heterocycles. The standard InChI is InChI=1S/C19H28O2/c1-12-14-9-7-13(18(14,2)3)8-10-15-16(20)6-5-11-19(15,4)17(12)21/h8,12,14-15H,5-7,9-11H2,1-4H3/t12-,14+,15-,19-/m0/s1. The Hall–Kier alpha value is -0.920. The van der Waals surface area contributed by atoms with Gasteiger partial charge in [-0.25, -0.2) is 0 Å². The van der Waals surface area contributed by atoms with Crippen LogP contribution >= 0.6 is 0 Å². The van der Waals surface area contributed by atoms with E-state index in [4.69, 9.17) is 0 Å². The molecule has 0 spiro atoms. The predicted octanol–water partition coefficient (Wildman–Crippen LogP) is 4.33. The van der Waals surface area contributed by atoms with Crippen LogP contribution in [0.1, 0.15) is 66.2 Å². The van der Waals surface area contributed by atoms with Crippen LogP contribution in [-0.2, 0) is 9.59 Å². The van der Waals surface area contributed by atoms with Crippen LogP contribution < -0.4 is 0 Å². The Labute approximate surface area is 128 Å². The van der Waals surface area contributed by atoms with E-state index in [9.17, 15) is 9.59 Å². The minimum absolute atomic E-state index is 0.0717. The lowest BCUT2D eigenvalue weighted by molar-refractivity contribution is -0.146. The SMILES string of the molecule is C[C@@H]1C(=O)[C@@]2(C)CCCC(=O)[C@@H]2CC=C2CC[C@H]1C2(C)C. The summed E-state index contributed by atoms with van der Waals surface area (Å²) in [5, 5.41) is 0. The van der Waals surface area contributed by atoms with Gasteiger partial charge in [0.2, 0.25) is 0 Å². The van der Waals surface area contributed by atoms with E-state index in [1.807, 2.05) is 0 Å². The Morgan fingerprint density at radius 3 is 2.57 bits per heavy atom. The molecule has 0 heterocycles. The summed E-state index contributed by atoms with van der Waals surface area (Å²) in [5.74, 6) is 1.10. The van der Waals surface area contributed by atoms with Crippen molar-refractivity contribution in [1.29, 1.82) is 0 Å². The van der Waals surface area contributed by atoms with Crippen LogP contribution in [0.4, 0.5) is 0 Å². The second kappa shape index (κ2) is 4.79. The first-order valence-corrected chi connectivity index (χ1v) is 8.55. The molecule has 116 valence electrons. The van der Waals surface area contributed by atoms with E-state index in [-0.39, 0.29) is 17.3 Å². The molecule has 21 heavy (non-hydrogen) atoms. The quantitative estimate of drug-likeness (QED) is 0.622. The van der Waals surface area contributed by atoms with Gasteiger partial charge in [0.05, 0.1) is 0 Å². The molecule has 2 nitrogen and oxygen atoms in total. The van der Waals surface area contributed by atoms with Gasteiger partial charge in [-0.1, -0.05) is 39.3 Å². The van der Waals surface area contributed by atoms with Gasteiger partial charge in [0, 0.05) is 23.7 Å². The zero-order chi connectivity index (χ0) is 15.4. The van der Waals surface area contributed by atoms with E-state index in [0.717, 1.165) is 32.1 Å². The number of ketones is 2. The highest BCUT2D eigenvalue weighted by Crippen LogP contribution is 2.55. The molecular weight excluding hydrogens is 260 g/mol. The molecule has 0 N–H and O–H groups in total. The lowest BCUT2D eigenvalue weighted by atomic mass is 9.59. The molecule has 3 rings (SSSR count). The summed E-state index contributed by atoms with van der Waals surface area (Å²) in [6, 6.07) is 0. The largest absolute Gasteiger partial charge is 0.299 e. The highest BCUT2D eigenvalue weighted by atomic mass is 16.1. The number of fused-ring (bicyclic) bond motifs is 3. The Bertz CT molecular complexity index is 514. The maximum Gasteiger partial charge on any atom is 0.142 e. The van der Waals surface area contributed by atoms with Crippen molar-refractivity contribution in [2.45, 2.75) is 66.2 Å². The van der Waals surface area contributed by atoms with E-state index >= 15 is 0 Å². The average Bonchev–Trinajstić information content (AvgIpc) is 2.71. The number of carbonyl (C=O) groups excluding carboxylic acids is 2. The van der Waals surface area contributed by atoms with Crippen molar-refractivity contribution in [2.75, 3.05) is 0 Å². The summed E-state index contributed by atoms with van der Waals surface area (Å²) in [7, 11) is 0. The molecule has 0 aromatic heterocycles. The van der Waals surface area contributed by atoms with Crippen molar-refractivity contribution < 1.29 is 9.59 Å². The topological polar surface area (TPSA) is 34.1 Å². The average molecular weight is 288 g/mol. The van der Waals surface area contributed by atoms with Crippen LogP contribution in [0, 0.1) is 28.6 Å². The van der Waals surface area contributed by atoms with Crippen LogP contribution in [-0.4, -0.2) is 11.6 Å². The first kappa shape index (κ1) is 15.0. The minimum Gasteiger partial charge on any atom is -0.299 e. The van der Waals surface area contributed by atoms with Gasteiger partial charge >= 0.3 is 0 Å². The third-order valence-corrected chi connectivity index (χ3v) is 6.94. The first-order valence-electron chi connectivity index (χ1n) is 8.55. The summed E-state index contributed by atoms with van der Waals surface area (Å²) in [6.45, 7) is 8.77. The van der Waals surface area contributed by atoms with Crippen molar-refractivity contribution in [3.63, 3.8) is 0 Å². The number of hydrogen-bond donors (Lipinski definition) is 0. The highest BCUT2D eigenvalue weighted by molar-refractivity contribution is 5.95. The Morgan fingerprint density at radius 2 is 1.86 bits per heavy atom. The number of Topliss-reactive ketones (excluding diaryl/α,β-unsaturated/α-hetero) is 2. The molecular formula is C19H28O2. The highest BCUT2D eigenvalue weighted by Gasteiger charge is 2.53. The molecule has 0 amide bonds. The van der Waals surface area contributed by atoms with Gasteiger partial charge in [0.25, 0.3) is 0 Å². The number of rotatable bonds is 0. The Morgan fingerprint density at radius 1 is 1.14 bits per heavy atom. The fraction of sp³-hybridized carbons (Fsp3) is 0.789. The third kappa shape index (κ3) is 2.05. The molecule has 2 heteroatoms. The van der Waals surface area contributed by atoms with Gasteiger partial charge in [0.15, 0.2) is 0 Å². The van der Waals surface area contributed by atoms with Gasteiger partial charge in [-0.2, -0.15) is 0 Å². The Balaban J connectivity index is 2.09. The van der Waals surface area contributed by atoms with E-state index in [1.165, 1.54) is 5.57 Å². The van der Waals surface area contributed by atoms with E-state index in [0.29, 0.717) is 23.9 Å². The van der Waals surface area contributed by atoms with Gasteiger partial charge in [-0.05, 0) is 43.4 Å². The molecule has 2 bridgehead atoms. The molecule has 4 atom stereocenters. The van der Waals surface area contributed by atoms with Crippen molar-refractivity contribution in [3.05, 3.63) is 11.6 Å². The maximum atomic E-state index is 13.3. The third-order valence-electron chi connectivity index (χ3n) is 6.94. The summed E-state index contributed by atoms with van der Waals surface area (Å²) in [4.78, 5) is 25.7. The van der Waals surface area contributed by atoms with Crippen molar-refractivity contribution in [2.24, 2.45) is 28.6 Å². The summed E-state index contributed by atoms with van der Waals surface area (Å²) in [5.41, 5.74) is 1.17. The number of hydrogen-bond acceptors (Lipinski definition) is 2. The van der Waals surface area contributed by atoms with Gasteiger partial charge in [0.1, 0.15) is 11.6 Å². The molecule has 0 aromatic rings. The van der Waals surface area contributed by atoms with Crippen LogP contribution in [0.25, 0.3) is 0 Å². The minimum atomic E-state index is -0.424. The molecule has 3 aliphatic rings. The molecule has 2 fully saturated rings. The lowest BCUT2D eigenvalue weighted by Crippen LogP contribution is -2.47. The van der Waals surface area contributed by atoms with Crippen LogP contribution in [0.5, 0.6) is 0 Å². The van der Waals surface area contributed by atoms with Crippen LogP contribution in [0.3, 0.4) is 0 Å². The molecule has 0 saturated heterocycles. The maximum absolute atomic E-state index is 13.3. The van der Waals surface area contributed by atoms with Crippen molar-refractivity contribution in [3.8, 4) is 0 Å². The molecule has 3 aliphatic carbocycles. The molecule has 0 radical (unpaired) electrons. The van der Waals surface area contributed by atoms with Crippen molar-refractivity contribution >= 4 is 11.6 Å². The molecule has 2 saturated carbocycles. The second-order valence-corrected chi connectivity index (χ2v) is 8.27. The number of carbonyl (C=O) groups is 2. The normalized spacial score (nSPS) is 42.7. The van der Waals surface area contributed by atoms with Gasteiger partial charge in [-0.3, -0.25) is 9.59 Å². The fourth-order valence-corrected chi connectivity index (χ4v) is 5.46. The monoisotopic (exact) mass is 288 g/mol. The summed E-state index contributed by atoms with van der Waals surface area (Å²) in [6.07, 6.45) is 7.76. The Kier molecular flexibility index (Phi) is 3.42. The van der Waals surface area contributed by atoms with E-state index < -0.39 is 5.41 Å². The first-order chi connectivity index (χ1) is 9.78. The summed E-state index contributed by atoms with van der Waals surface area (Å²) < 4.78 is 0. The summed E-state index contributed by atoms with van der Waals surface area (Å²) >= 11 is 0. The second-order valence-electron chi connectivity index (χ2n) is 8.27. The van der Waals surface area contributed by atoms with E-state index in [1.54, 1.807) is 0 Å². The van der Waals surface area contributed by atoms with E-state index in [2.05, 4.69) is 33.8 Å². The van der Waals surface area contributed by atoms with Crippen molar-refractivity contribution in [1.82, 2.24) is 0 Å². The van der Waals surface area contributed by atoms with Gasteiger partial charge < -0.3 is 0 Å². The fourth-order valence-electron chi connectivity index (χ4n) is 5.46. The predicted molar refractivity (Wildman–Crippen MR) is 83.8 cm³/mol. The smallest absolute Gasteiger partial charge is 0.142 e. The molecule has 0 unspecified atom stereocenters. The number of allylic oxidation sites excluding steroid dienone is 2. The molecule has 0 aromatic carbocycles.